The van der Waals surface area contributed by atoms with E-state index in [0.29, 0.717) is 19.3 Å². The molecule has 1 aliphatic rings. The van der Waals surface area contributed by atoms with E-state index in [1.54, 1.807) is 12.4 Å². The zero-order valence-corrected chi connectivity index (χ0v) is 8.12. The van der Waals surface area contributed by atoms with Gasteiger partial charge in [-0.1, -0.05) is 0 Å². The van der Waals surface area contributed by atoms with Gasteiger partial charge in [-0.3, -0.25) is 4.98 Å². The molecular formula is C11H15FN2. The van der Waals surface area contributed by atoms with Crippen LogP contribution in [0.2, 0.25) is 0 Å². The molecule has 2 N–H and O–H groups in total. The highest BCUT2D eigenvalue weighted by molar-refractivity contribution is 5.14. The van der Waals surface area contributed by atoms with Crippen molar-refractivity contribution in [2.75, 3.05) is 0 Å². The minimum atomic E-state index is -1.08. The molecule has 0 saturated heterocycles. The molecule has 2 rings (SSSR count). The topological polar surface area (TPSA) is 38.9 Å². The Kier molecular flexibility index (Phi) is 2.50. The number of pyridine rings is 1. The number of nitrogens with zero attached hydrogens (tertiary/aromatic N) is 1. The lowest BCUT2D eigenvalue weighted by atomic mass is 9.95. The van der Waals surface area contributed by atoms with Crippen molar-refractivity contribution in [2.24, 2.45) is 5.73 Å². The Morgan fingerprint density at radius 2 is 2.21 bits per heavy atom. The highest BCUT2D eigenvalue weighted by Gasteiger charge is 2.37. The van der Waals surface area contributed by atoms with E-state index in [1.807, 2.05) is 12.1 Å². The van der Waals surface area contributed by atoms with E-state index >= 15 is 0 Å². The summed E-state index contributed by atoms with van der Waals surface area (Å²) in [5.41, 5.74) is 5.64. The molecule has 0 aromatic carbocycles. The Morgan fingerprint density at radius 1 is 1.50 bits per heavy atom. The number of aromatic nitrogens is 1. The number of nitrogens with two attached hydrogens (primary N) is 1. The first kappa shape index (κ1) is 9.59. The van der Waals surface area contributed by atoms with Crippen molar-refractivity contribution in [1.82, 2.24) is 4.98 Å². The number of alkyl halides is 1. The molecule has 2 atom stereocenters. The summed E-state index contributed by atoms with van der Waals surface area (Å²) in [6.45, 7) is 0. The SMILES string of the molecule is NC1CCC(F)(Cc2ccncc2)C1. The number of rotatable bonds is 2. The Hall–Kier alpha value is -0.960. The quantitative estimate of drug-likeness (QED) is 0.780. The molecule has 2 unspecified atom stereocenters. The summed E-state index contributed by atoms with van der Waals surface area (Å²) < 4.78 is 14.1. The van der Waals surface area contributed by atoms with E-state index < -0.39 is 5.67 Å². The molecule has 1 aromatic rings. The second-order valence-electron chi connectivity index (χ2n) is 4.19. The van der Waals surface area contributed by atoms with E-state index in [-0.39, 0.29) is 6.04 Å². The van der Waals surface area contributed by atoms with Gasteiger partial charge in [0.1, 0.15) is 5.67 Å². The lowest BCUT2D eigenvalue weighted by Gasteiger charge is -2.18. The van der Waals surface area contributed by atoms with Gasteiger partial charge in [0, 0.05) is 24.9 Å². The van der Waals surface area contributed by atoms with Crippen LogP contribution in [0.15, 0.2) is 24.5 Å². The summed E-state index contributed by atoms with van der Waals surface area (Å²) in [6, 6.07) is 3.78. The van der Waals surface area contributed by atoms with Crippen LogP contribution in [0.3, 0.4) is 0 Å². The molecule has 2 nitrogen and oxygen atoms in total. The molecule has 0 radical (unpaired) electrons. The third kappa shape index (κ3) is 2.10. The van der Waals surface area contributed by atoms with Gasteiger partial charge in [-0.15, -0.1) is 0 Å². The molecule has 76 valence electrons. The molecule has 0 aliphatic heterocycles. The first-order valence-electron chi connectivity index (χ1n) is 5.01. The van der Waals surface area contributed by atoms with Crippen molar-refractivity contribution >= 4 is 0 Å². The predicted molar refractivity (Wildman–Crippen MR) is 53.6 cm³/mol. The lowest BCUT2D eigenvalue weighted by molar-refractivity contribution is 0.170. The largest absolute Gasteiger partial charge is 0.328 e. The van der Waals surface area contributed by atoms with Gasteiger partial charge >= 0.3 is 0 Å². The van der Waals surface area contributed by atoms with E-state index in [9.17, 15) is 4.39 Å². The molecule has 3 heteroatoms. The predicted octanol–water partition coefficient (Wildman–Crippen LogP) is 1.84. The summed E-state index contributed by atoms with van der Waals surface area (Å²) >= 11 is 0. The van der Waals surface area contributed by atoms with Gasteiger partial charge in [0.25, 0.3) is 0 Å². The Morgan fingerprint density at radius 3 is 2.79 bits per heavy atom. The first-order chi connectivity index (χ1) is 6.68. The van der Waals surface area contributed by atoms with E-state index in [0.717, 1.165) is 12.0 Å². The molecule has 14 heavy (non-hydrogen) atoms. The molecule has 1 saturated carbocycles. The number of halogens is 1. The maximum atomic E-state index is 14.1. The standard InChI is InChI=1S/C11H15FN2/c12-11(4-1-10(13)8-11)7-9-2-5-14-6-3-9/h2-3,5-6,10H,1,4,7-8,13H2. The van der Waals surface area contributed by atoms with Crippen LogP contribution in [0, 0.1) is 0 Å². The highest BCUT2D eigenvalue weighted by atomic mass is 19.1. The lowest BCUT2D eigenvalue weighted by Crippen LogP contribution is -2.25. The molecule has 1 aliphatic carbocycles. The van der Waals surface area contributed by atoms with E-state index in [2.05, 4.69) is 4.98 Å². The monoisotopic (exact) mass is 194 g/mol. The third-order valence-corrected chi connectivity index (χ3v) is 2.86. The summed E-state index contributed by atoms with van der Waals surface area (Å²) in [5, 5.41) is 0. The maximum absolute atomic E-state index is 14.1. The van der Waals surface area contributed by atoms with Gasteiger partial charge in [0.15, 0.2) is 0 Å². The zero-order valence-electron chi connectivity index (χ0n) is 8.12. The van der Waals surface area contributed by atoms with Crippen molar-refractivity contribution < 1.29 is 4.39 Å². The fourth-order valence-electron chi connectivity index (χ4n) is 2.15. The van der Waals surface area contributed by atoms with Crippen LogP contribution in [0.1, 0.15) is 24.8 Å². The second-order valence-corrected chi connectivity index (χ2v) is 4.19. The molecular weight excluding hydrogens is 179 g/mol. The van der Waals surface area contributed by atoms with Crippen LogP contribution in [0.25, 0.3) is 0 Å². The molecule has 0 spiro atoms. The van der Waals surface area contributed by atoms with Crippen molar-refractivity contribution in [3.8, 4) is 0 Å². The Balaban J connectivity index is 2.04. The summed E-state index contributed by atoms with van der Waals surface area (Å²) in [6.07, 6.45) is 5.78. The van der Waals surface area contributed by atoms with Gasteiger partial charge < -0.3 is 5.73 Å². The minimum Gasteiger partial charge on any atom is -0.328 e. The van der Waals surface area contributed by atoms with Crippen LogP contribution < -0.4 is 5.73 Å². The van der Waals surface area contributed by atoms with Crippen LogP contribution in [-0.4, -0.2) is 16.7 Å². The Bertz CT molecular complexity index is 301. The molecule has 1 fully saturated rings. The maximum Gasteiger partial charge on any atom is 0.116 e. The molecule has 0 amide bonds. The normalized spacial score (nSPS) is 32.0. The van der Waals surface area contributed by atoms with Crippen molar-refractivity contribution in [2.45, 2.75) is 37.4 Å². The first-order valence-corrected chi connectivity index (χ1v) is 5.01. The third-order valence-electron chi connectivity index (χ3n) is 2.86. The molecule has 1 aromatic heterocycles. The molecule has 0 bridgehead atoms. The van der Waals surface area contributed by atoms with Crippen LogP contribution >= 0.6 is 0 Å². The number of hydrogen-bond acceptors (Lipinski definition) is 2. The average Bonchev–Trinajstić information content (AvgIpc) is 2.47. The molecule has 1 heterocycles. The number of hydrogen-bond donors (Lipinski definition) is 1. The summed E-state index contributed by atoms with van der Waals surface area (Å²) in [7, 11) is 0. The Labute approximate surface area is 83.3 Å². The second kappa shape index (κ2) is 3.65. The van der Waals surface area contributed by atoms with Gasteiger partial charge in [-0.25, -0.2) is 4.39 Å². The minimum absolute atomic E-state index is 0.0434. The van der Waals surface area contributed by atoms with E-state index in [4.69, 9.17) is 5.73 Å². The van der Waals surface area contributed by atoms with Gasteiger partial charge in [-0.2, -0.15) is 0 Å². The van der Waals surface area contributed by atoms with Crippen LogP contribution in [0.4, 0.5) is 4.39 Å². The van der Waals surface area contributed by atoms with Crippen LogP contribution in [-0.2, 0) is 6.42 Å². The van der Waals surface area contributed by atoms with Crippen molar-refractivity contribution in [3.05, 3.63) is 30.1 Å². The van der Waals surface area contributed by atoms with Gasteiger partial charge in [-0.05, 0) is 37.0 Å². The van der Waals surface area contributed by atoms with E-state index in [1.165, 1.54) is 0 Å². The van der Waals surface area contributed by atoms with Gasteiger partial charge in [0.2, 0.25) is 0 Å². The van der Waals surface area contributed by atoms with Crippen molar-refractivity contribution in [3.63, 3.8) is 0 Å². The average molecular weight is 194 g/mol. The highest BCUT2D eigenvalue weighted by Crippen LogP contribution is 2.35. The summed E-state index contributed by atoms with van der Waals surface area (Å²) in [5.74, 6) is 0. The smallest absolute Gasteiger partial charge is 0.116 e. The van der Waals surface area contributed by atoms with Crippen molar-refractivity contribution in [1.29, 1.82) is 0 Å². The fourth-order valence-corrected chi connectivity index (χ4v) is 2.15. The van der Waals surface area contributed by atoms with Gasteiger partial charge in [0.05, 0.1) is 0 Å². The fraction of sp³-hybridized carbons (Fsp3) is 0.545. The van der Waals surface area contributed by atoms with Crippen LogP contribution in [0.5, 0.6) is 0 Å². The zero-order chi connectivity index (χ0) is 10.0. The summed E-state index contributed by atoms with van der Waals surface area (Å²) in [4.78, 5) is 3.91.